The molecule has 0 spiro atoms. The molecule has 0 fully saturated rings. The van der Waals surface area contributed by atoms with E-state index in [1.807, 2.05) is 31.2 Å². The van der Waals surface area contributed by atoms with Gasteiger partial charge in [-0.2, -0.15) is 0 Å². The average molecular weight is 430 g/mol. The Morgan fingerprint density at radius 1 is 0.531 bits per heavy atom. The van der Waals surface area contributed by atoms with Crippen molar-refractivity contribution in [1.82, 2.24) is 0 Å². The highest BCUT2D eigenvalue weighted by Gasteiger charge is 2.15. The van der Waals surface area contributed by atoms with E-state index in [0.29, 0.717) is 11.1 Å². The smallest absolute Gasteiger partial charge is 0.142 e. The topological polar surface area (TPSA) is 0 Å². The molecule has 0 saturated heterocycles. The third-order valence-electron chi connectivity index (χ3n) is 5.24. The standard InChI is InChI=1S/C28H18F4/c1-3-4-24-27(31)15-21(16-28(24)32)23-12-10-20(14-26(23)30)22-11-9-19(13-25(22)29)18-7-5-17(2)6-8-18/h5-16H,1-2H3. The van der Waals surface area contributed by atoms with Crippen molar-refractivity contribution in [3.63, 3.8) is 0 Å². The highest BCUT2D eigenvalue weighted by molar-refractivity contribution is 5.74. The molecule has 158 valence electrons. The summed E-state index contributed by atoms with van der Waals surface area (Å²) in [6.07, 6.45) is 0. The molecule has 32 heavy (non-hydrogen) atoms. The minimum atomic E-state index is -0.865. The number of rotatable bonds is 3. The first-order valence-electron chi connectivity index (χ1n) is 9.96. The summed E-state index contributed by atoms with van der Waals surface area (Å²) in [6.45, 7) is 3.44. The van der Waals surface area contributed by atoms with E-state index in [1.54, 1.807) is 12.1 Å². The second-order valence-corrected chi connectivity index (χ2v) is 7.45. The number of halogens is 4. The lowest BCUT2D eigenvalue weighted by Crippen LogP contribution is -1.94. The third-order valence-corrected chi connectivity index (χ3v) is 5.24. The summed E-state index contributed by atoms with van der Waals surface area (Å²) in [4.78, 5) is 0. The van der Waals surface area contributed by atoms with Gasteiger partial charge in [-0.15, -0.1) is 5.92 Å². The fourth-order valence-corrected chi connectivity index (χ4v) is 3.56. The van der Waals surface area contributed by atoms with Gasteiger partial charge in [0, 0.05) is 11.1 Å². The predicted molar refractivity (Wildman–Crippen MR) is 120 cm³/mol. The predicted octanol–water partition coefficient (Wildman–Crippen LogP) is 7.92. The summed E-state index contributed by atoms with van der Waals surface area (Å²) in [5.41, 5.74) is 2.96. The number of hydrogen-bond donors (Lipinski definition) is 0. The van der Waals surface area contributed by atoms with Gasteiger partial charge in [0.1, 0.15) is 23.3 Å². The second kappa shape index (κ2) is 8.72. The Balaban J connectivity index is 1.69. The van der Waals surface area contributed by atoms with E-state index >= 15 is 0 Å². The molecule has 0 atom stereocenters. The Morgan fingerprint density at radius 3 is 1.56 bits per heavy atom. The molecule has 0 nitrogen and oxygen atoms in total. The Labute approximate surface area is 184 Å². The first-order chi connectivity index (χ1) is 15.4. The average Bonchev–Trinajstić information content (AvgIpc) is 2.76. The van der Waals surface area contributed by atoms with Crippen molar-refractivity contribution in [2.75, 3.05) is 0 Å². The van der Waals surface area contributed by atoms with Gasteiger partial charge in [-0.1, -0.05) is 60.0 Å². The molecule has 0 bridgehead atoms. The zero-order valence-electron chi connectivity index (χ0n) is 17.4. The summed E-state index contributed by atoms with van der Waals surface area (Å²) in [7, 11) is 0. The first-order valence-corrected chi connectivity index (χ1v) is 9.96. The van der Waals surface area contributed by atoms with Gasteiger partial charge in [0.2, 0.25) is 0 Å². The van der Waals surface area contributed by atoms with Crippen molar-refractivity contribution in [2.24, 2.45) is 0 Å². The molecule has 4 aromatic carbocycles. The molecule has 0 aliphatic carbocycles. The molecule has 0 unspecified atom stereocenters. The van der Waals surface area contributed by atoms with Crippen molar-refractivity contribution in [2.45, 2.75) is 13.8 Å². The Bertz CT molecular complexity index is 1350. The van der Waals surface area contributed by atoms with Crippen LogP contribution in [0.5, 0.6) is 0 Å². The molecule has 0 aliphatic rings. The molecular formula is C28H18F4. The number of hydrogen-bond acceptors (Lipinski definition) is 0. The molecule has 4 aromatic rings. The summed E-state index contributed by atoms with van der Waals surface area (Å²) in [5, 5.41) is 0. The van der Waals surface area contributed by atoms with Crippen LogP contribution in [0, 0.1) is 42.0 Å². The van der Waals surface area contributed by atoms with Gasteiger partial charge < -0.3 is 0 Å². The lowest BCUT2D eigenvalue weighted by molar-refractivity contribution is 0.577. The van der Waals surface area contributed by atoms with Gasteiger partial charge in [-0.25, -0.2) is 17.6 Å². The second-order valence-electron chi connectivity index (χ2n) is 7.45. The largest absolute Gasteiger partial charge is 0.206 e. The fourth-order valence-electron chi connectivity index (χ4n) is 3.56. The molecule has 4 rings (SSSR count). The van der Waals surface area contributed by atoms with Crippen molar-refractivity contribution in [3.8, 4) is 45.2 Å². The van der Waals surface area contributed by atoms with Crippen LogP contribution in [0.25, 0.3) is 33.4 Å². The van der Waals surface area contributed by atoms with Crippen molar-refractivity contribution in [1.29, 1.82) is 0 Å². The lowest BCUT2D eigenvalue weighted by Gasteiger charge is -2.10. The van der Waals surface area contributed by atoms with E-state index in [2.05, 4.69) is 11.8 Å². The number of aryl methyl sites for hydroxylation is 1. The zero-order valence-corrected chi connectivity index (χ0v) is 17.4. The van der Waals surface area contributed by atoms with Crippen LogP contribution in [0.15, 0.2) is 72.8 Å². The molecule has 0 amide bonds. The van der Waals surface area contributed by atoms with Crippen molar-refractivity contribution in [3.05, 3.63) is 107 Å². The van der Waals surface area contributed by atoms with Crippen LogP contribution in [0.4, 0.5) is 17.6 Å². The molecule has 0 N–H and O–H groups in total. The zero-order chi connectivity index (χ0) is 22.8. The monoisotopic (exact) mass is 430 g/mol. The Hall–Kier alpha value is -3.84. The van der Waals surface area contributed by atoms with Crippen LogP contribution in [-0.4, -0.2) is 0 Å². The van der Waals surface area contributed by atoms with Crippen LogP contribution in [0.3, 0.4) is 0 Å². The van der Waals surface area contributed by atoms with Gasteiger partial charge in [-0.3, -0.25) is 0 Å². The van der Waals surface area contributed by atoms with Crippen LogP contribution in [0.2, 0.25) is 0 Å². The maximum atomic E-state index is 14.9. The fraction of sp³-hybridized carbons (Fsp3) is 0.0714. The van der Waals surface area contributed by atoms with E-state index in [4.69, 9.17) is 0 Å². The van der Waals surface area contributed by atoms with Gasteiger partial charge in [0.25, 0.3) is 0 Å². The summed E-state index contributed by atoms with van der Waals surface area (Å²) in [6, 6.07) is 18.6. The third kappa shape index (κ3) is 4.15. The lowest BCUT2D eigenvalue weighted by atomic mass is 9.96. The van der Waals surface area contributed by atoms with E-state index in [9.17, 15) is 17.6 Å². The Morgan fingerprint density at radius 2 is 1.00 bits per heavy atom. The van der Waals surface area contributed by atoms with Crippen molar-refractivity contribution < 1.29 is 17.6 Å². The summed E-state index contributed by atoms with van der Waals surface area (Å²) < 4.78 is 58.1. The quantitative estimate of drug-likeness (QED) is 0.229. The minimum Gasteiger partial charge on any atom is -0.206 e. The summed E-state index contributed by atoms with van der Waals surface area (Å²) in [5.74, 6) is 1.87. The molecule has 0 aliphatic heterocycles. The summed E-state index contributed by atoms with van der Waals surface area (Å²) >= 11 is 0. The SMILES string of the molecule is CC#Cc1c(F)cc(-c2ccc(-c3ccc(-c4ccc(C)cc4)cc3F)cc2F)cc1F. The van der Waals surface area contributed by atoms with E-state index in [1.165, 1.54) is 25.1 Å². The first kappa shape index (κ1) is 21.4. The molecular weight excluding hydrogens is 412 g/mol. The van der Waals surface area contributed by atoms with Crippen LogP contribution >= 0.6 is 0 Å². The van der Waals surface area contributed by atoms with Crippen LogP contribution in [-0.2, 0) is 0 Å². The minimum absolute atomic E-state index is 0.0132. The molecule has 0 aromatic heterocycles. The molecule has 0 radical (unpaired) electrons. The molecule has 0 saturated carbocycles. The Kier molecular flexibility index (Phi) is 5.83. The molecule has 0 heterocycles. The van der Waals surface area contributed by atoms with Gasteiger partial charge in [0.05, 0.1) is 5.56 Å². The van der Waals surface area contributed by atoms with Gasteiger partial charge in [-0.05, 0) is 60.4 Å². The van der Waals surface area contributed by atoms with Crippen LogP contribution in [0.1, 0.15) is 18.1 Å². The highest BCUT2D eigenvalue weighted by Crippen LogP contribution is 2.32. The highest BCUT2D eigenvalue weighted by atomic mass is 19.1. The maximum Gasteiger partial charge on any atom is 0.142 e. The van der Waals surface area contributed by atoms with E-state index in [-0.39, 0.29) is 22.3 Å². The van der Waals surface area contributed by atoms with Gasteiger partial charge >= 0.3 is 0 Å². The normalized spacial score (nSPS) is 10.6. The van der Waals surface area contributed by atoms with E-state index < -0.39 is 23.3 Å². The van der Waals surface area contributed by atoms with Crippen LogP contribution < -0.4 is 0 Å². The maximum absolute atomic E-state index is 14.9. The molecule has 4 heteroatoms. The van der Waals surface area contributed by atoms with E-state index in [0.717, 1.165) is 29.3 Å². The number of benzene rings is 4. The van der Waals surface area contributed by atoms with Crippen molar-refractivity contribution >= 4 is 0 Å². The van der Waals surface area contributed by atoms with Gasteiger partial charge in [0.15, 0.2) is 0 Å².